The van der Waals surface area contributed by atoms with Gasteiger partial charge in [-0.25, -0.2) is 0 Å². The van der Waals surface area contributed by atoms with E-state index in [0.29, 0.717) is 19.6 Å². The molecular weight excluding hydrogens is 240 g/mol. The van der Waals surface area contributed by atoms with Crippen LogP contribution in [0.15, 0.2) is 11.6 Å². The zero-order chi connectivity index (χ0) is 13.7. The zero-order valence-corrected chi connectivity index (χ0v) is 12.0. The Hall–Kier alpha value is -0.870. The van der Waals surface area contributed by atoms with Crippen LogP contribution >= 0.6 is 0 Å². The Kier molecular flexibility index (Phi) is 4.99. The Labute approximate surface area is 115 Å². The molecule has 1 fully saturated rings. The number of rotatable bonds is 6. The number of nitrogens with zero attached hydrogens (tertiary/aromatic N) is 1. The number of β-amino-alcohol motifs (C(OH)–C–C–N with tert-alkyl or cyclic N) is 1. The molecule has 2 N–H and O–H groups in total. The van der Waals surface area contributed by atoms with Gasteiger partial charge in [-0.05, 0) is 38.5 Å². The van der Waals surface area contributed by atoms with Crippen LogP contribution < -0.4 is 5.32 Å². The van der Waals surface area contributed by atoms with E-state index < -0.39 is 5.60 Å². The molecule has 108 valence electrons. The number of amides is 1. The molecule has 1 aliphatic heterocycles. The van der Waals surface area contributed by atoms with Gasteiger partial charge in [-0.1, -0.05) is 18.6 Å². The molecule has 0 aromatic rings. The Balaban J connectivity index is 1.57. The summed E-state index contributed by atoms with van der Waals surface area (Å²) in [6.07, 6.45) is 9.09. The van der Waals surface area contributed by atoms with Gasteiger partial charge < -0.3 is 10.4 Å². The van der Waals surface area contributed by atoms with E-state index in [4.69, 9.17) is 0 Å². The normalized spacial score (nSPS) is 22.5. The summed E-state index contributed by atoms with van der Waals surface area (Å²) in [7, 11) is 0. The third-order valence-corrected chi connectivity index (χ3v) is 4.21. The highest BCUT2D eigenvalue weighted by atomic mass is 16.3. The largest absolute Gasteiger partial charge is 0.387 e. The van der Waals surface area contributed by atoms with Crippen molar-refractivity contribution in [3.05, 3.63) is 11.6 Å². The van der Waals surface area contributed by atoms with E-state index >= 15 is 0 Å². The van der Waals surface area contributed by atoms with Crippen molar-refractivity contribution in [3.8, 4) is 0 Å². The molecule has 2 aliphatic rings. The van der Waals surface area contributed by atoms with Gasteiger partial charge in [-0.2, -0.15) is 0 Å². The van der Waals surface area contributed by atoms with Crippen LogP contribution in [0.5, 0.6) is 0 Å². The predicted molar refractivity (Wildman–Crippen MR) is 75.9 cm³/mol. The molecule has 1 amide bonds. The van der Waals surface area contributed by atoms with Gasteiger partial charge in [0.25, 0.3) is 0 Å². The SMILES string of the molecule is CCC1(O)CN(CC(=O)NCCC2=CCCCC2)C1. The van der Waals surface area contributed by atoms with Gasteiger partial charge in [0.2, 0.25) is 5.91 Å². The highest BCUT2D eigenvalue weighted by Crippen LogP contribution is 2.23. The van der Waals surface area contributed by atoms with Gasteiger partial charge in [0.15, 0.2) is 0 Å². The molecule has 19 heavy (non-hydrogen) atoms. The molecule has 2 rings (SSSR count). The van der Waals surface area contributed by atoms with E-state index in [0.717, 1.165) is 19.4 Å². The lowest BCUT2D eigenvalue weighted by atomic mass is 9.91. The molecule has 0 atom stereocenters. The van der Waals surface area contributed by atoms with Crippen molar-refractivity contribution in [3.63, 3.8) is 0 Å². The molecule has 1 aliphatic carbocycles. The predicted octanol–water partition coefficient (Wildman–Crippen LogP) is 1.45. The minimum Gasteiger partial charge on any atom is -0.387 e. The lowest BCUT2D eigenvalue weighted by Gasteiger charge is -2.45. The highest BCUT2D eigenvalue weighted by Gasteiger charge is 2.39. The Bertz CT molecular complexity index is 346. The van der Waals surface area contributed by atoms with Crippen molar-refractivity contribution in [2.75, 3.05) is 26.2 Å². The van der Waals surface area contributed by atoms with Gasteiger partial charge in [-0.3, -0.25) is 9.69 Å². The van der Waals surface area contributed by atoms with Crippen molar-refractivity contribution >= 4 is 5.91 Å². The quantitative estimate of drug-likeness (QED) is 0.716. The van der Waals surface area contributed by atoms with Crippen LogP contribution in [0.4, 0.5) is 0 Å². The Morgan fingerprint density at radius 1 is 1.47 bits per heavy atom. The minimum absolute atomic E-state index is 0.0783. The van der Waals surface area contributed by atoms with Crippen molar-refractivity contribution in [1.82, 2.24) is 10.2 Å². The van der Waals surface area contributed by atoms with Crippen LogP contribution in [-0.4, -0.2) is 47.7 Å². The first-order valence-electron chi connectivity index (χ1n) is 7.51. The summed E-state index contributed by atoms with van der Waals surface area (Å²) in [4.78, 5) is 13.7. The van der Waals surface area contributed by atoms with E-state index in [2.05, 4.69) is 11.4 Å². The number of nitrogens with one attached hydrogen (secondary N) is 1. The lowest BCUT2D eigenvalue weighted by Crippen LogP contribution is -2.63. The molecule has 0 spiro atoms. The smallest absolute Gasteiger partial charge is 0.234 e. The molecule has 0 aromatic carbocycles. The van der Waals surface area contributed by atoms with Gasteiger partial charge in [0.05, 0.1) is 12.1 Å². The second kappa shape index (κ2) is 6.53. The van der Waals surface area contributed by atoms with Crippen molar-refractivity contribution < 1.29 is 9.90 Å². The van der Waals surface area contributed by atoms with E-state index in [1.807, 2.05) is 11.8 Å². The third-order valence-electron chi connectivity index (χ3n) is 4.21. The fourth-order valence-electron chi connectivity index (χ4n) is 2.87. The van der Waals surface area contributed by atoms with Gasteiger partial charge in [-0.15, -0.1) is 0 Å². The molecule has 1 saturated heterocycles. The summed E-state index contributed by atoms with van der Waals surface area (Å²) >= 11 is 0. The standard InChI is InChI=1S/C15H26N2O2/c1-2-15(19)11-17(12-15)10-14(18)16-9-8-13-6-4-3-5-7-13/h6,19H,2-5,7-12H2,1H3,(H,16,18). The summed E-state index contributed by atoms with van der Waals surface area (Å²) in [5.74, 6) is 0.0783. The molecule has 4 heteroatoms. The first kappa shape index (κ1) is 14.5. The van der Waals surface area contributed by atoms with Crippen LogP contribution in [0.2, 0.25) is 0 Å². The number of carbonyl (C=O) groups is 1. The number of allylic oxidation sites excluding steroid dienone is 1. The van der Waals surface area contributed by atoms with E-state index in [-0.39, 0.29) is 5.91 Å². The number of likely N-dealkylation sites (tertiary alicyclic amines) is 1. The molecule has 0 saturated carbocycles. The average Bonchev–Trinajstić information content (AvgIpc) is 2.38. The summed E-state index contributed by atoms with van der Waals surface area (Å²) in [6, 6.07) is 0. The number of hydrogen-bond acceptors (Lipinski definition) is 3. The Morgan fingerprint density at radius 3 is 2.89 bits per heavy atom. The first-order valence-corrected chi connectivity index (χ1v) is 7.51. The van der Waals surface area contributed by atoms with Crippen LogP contribution in [0.25, 0.3) is 0 Å². The van der Waals surface area contributed by atoms with Crippen molar-refractivity contribution in [2.45, 2.75) is 51.0 Å². The van der Waals surface area contributed by atoms with Crippen LogP contribution in [-0.2, 0) is 4.79 Å². The summed E-state index contributed by atoms with van der Waals surface area (Å²) < 4.78 is 0. The number of hydrogen-bond donors (Lipinski definition) is 2. The van der Waals surface area contributed by atoms with Crippen LogP contribution in [0, 0.1) is 0 Å². The maximum absolute atomic E-state index is 11.7. The second-order valence-corrected chi connectivity index (χ2v) is 5.93. The molecular formula is C15H26N2O2. The molecule has 1 heterocycles. The van der Waals surface area contributed by atoms with E-state index in [1.54, 1.807) is 0 Å². The highest BCUT2D eigenvalue weighted by molar-refractivity contribution is 5.78. The zero-order valence-electron chi connectivity index (χ0n) is 12.0. The molecule has 0 aromatic heterocycles. The monoisotopic (exact) mass is 266 g/mol. The topological polar surface area (TPSA) is 52.6 Å². The number of aliphatic hydroxyl groups is 1. The minimum atomic E-state index is -0.548. The number of carbonyl (C=O) groups excluding carboxylic acids is 1. The fourth-order valence-corrected chi connectivity index (χ4v) is 2.87. The van der Waals surface area contributed by atoms with Crippen molar-refractivity contribution in [2.24, 2.45) is 0 Å². The second-order valence-electron chi connectivity index (χ2n) is 5.93. The summed E-state index contributed by atoms with van der Waals surface area (Å²) in [5.41, 5.74) is 0.948. The Morgan fingerprint density at radius 2 is 2.26 bits per heavy atom. The fraction of sp³-hybridized carbons (Fsp3) is 0.800. The van der Waals surface area contributed by atoms with Crippen LogP contribution in [0.3, 0.4) is 0 Å². The van der Waals surface area contributed by atoms with Gasteiger partial charge >= 0.3 is 0 Å². The average molecular weight is 266 g/mol. The van der Waals surface area contributed by atoms with Gasteiger partial charge in [0.1, 0.15) is 0 Å². The van der Waals surface area contributed by atoms with E-state index in [9.17, 15) is 9.90 Å². The summed E-state index contributed by atoms with van der Waals surface area (Å²) in [6.45, 7) is 4.40. The molecule has 0 bridgehead atoms. The molecule has 4 nitrogen and oxygen atoms in total. The summed E-state index contributed by atoms with van der Waals surface area (Å²) in [5, 5.41) is 12.8. The lowest BCUT2D eigenvalue weighted by molar-refractivity contribution is -0.132. The first-order chi connectivity index (χ1) is 9.11. The third kappa shape index (κ3) is 4.32. The molecule has 0 unspecified atom stereocenters. The van der Waals surface area contributed by atoms with Crippen LogP contribution in [0.1, 0.15) is 45.4 Å². The van der Waals surface area contributed by atoms with E-state index in [1.165, 1.54) is 31.3 Å². The molecule has 0 radical (unpaired) electrons. The van der Waals surface area contributed by atoms with Crippen molar-refractivity contribution in [1.29, 1.82) is 0 Å². The maximum Gasteiger partial charge on any atom is 0.234 e. The van der Waals surface area contributed by atoms with Gasteiger partial charge in [0, 0.05) is 19.6 Å². The maximum atomic E-state index is 11.7.